The molecule has 0 bridgehead atoms. The summed E-state index contributed by atoms with van der Waals surface area (Å²) in [6.45, 7) is 1.54. The van der Waals surface area contributed by atoms with Crippen LogP contribution in [0.3, 0.4) is 0 Å². The topological polar surface area (TPSA) is 63.6 Å². The number of fused-ring (bicyclic) bond motifs is 1. The Morgan fingerprint density at radius 3 is 2.81 bits per heavy atom. The summed E-state index contributed by atoms with van der Waals surface area (Å²) in [5.74, 6) is -0.0293. The summed E-state index contributed by atoms with van der Waals surface area (Å²) in [6, 6.07) is 8.29. The molecular weight excluding hydrogens is 442 g/mol. The van der Waals surface area contributed by atoms with Gasteiger partial charge in [0.25, 0.3) is 5.91 Å². The first-order valence-electron chi connectivity index (χ1n) is 11.3. The SMILES string of the molecule is O=C(Cn1cc(/C=C2\SC(=S)N(C[C@@H]3CCCO3)C2=O)c2ccccc21)NC1CCCC1. The fourth-order valence-electron chi connectivity index (χ4n) is 4.81. The summed E-state index contributed by atoms with van der Waals surface area (Å²) < 4.78 is 8.24. The van der Waals surface area contributed by atoms with Gasteiger partial charge in [-0.3, -0.25) is 14.5 Å². The molecule has 2 aromatic rings. The Bertz CT molecular complexity index is 1080. The maximum atomic E-state index is 13.0. The number of thiocarbonyl (C=S) groups is 1. The van der Waals surface area contributed by atoms with E-state index in [1.54, 1.807) is 4.90 Å². The van der Waals surface area contributed by atoms with Gasteiger partial charge in [0, 0.05) is 35.3 Å². The molecule has 1 N–H and O–H groups in total. The maximum absolute atomic E-state index is 13.0. The molecule has 8 heteroatoms. The second kappa shape index (κ2) is 9.37. The molecule has 3 fully saturated rings. The molecule has 32 heavy (non-hydrogen) atoms. The van der Waals surface area contributed by atoms with E-state index in [0.717, 1.165) is 48.8 Å². The predicted molar refractivity (Wildman–Crippen MR) is 131 cm³/mol. The molecule has 3 aliphatic rings. The van der Waals surface area contributed by atoms with Crippen molar-refractivity contribution in [3.63, 3.8) is 0 Å². The van der Waals surface area contributed by atoms with E-state index in [4.69, 9.17) is 17.0 Å². The second-order valence-corrected chi connectivity index (χ2v) is 10.4. The Hall–Kier alpha value is -2.16. The first-order valence-corrected chi connectivity index (χ1v) is 12.5. The summed E-state index contributed by atoms with van der Waals surface area (Å²) in [5, 5.41) is 4.18. The number of benzene rings is 1. The number of nitrogens with one attached hydrogen (secondary N) is 1. The zero-order chi connectivity index (χ0) is 22.1. The van der Waals surface area contributed by atoms with Crippen LogP contribution in [0.15, 0.2) is 35.4 Å². The summed E-state index contributed by atoms with van der Waals surface area (Å²) in [4.78, 5) is 28.0. The minimum atomic E-state index is -0.0636. The van der Waals surface area contributed by atoms with Gasteiger partial charge in [0.1, 0.15) is 10.9 Å². The molecule has 3 heterocycles. The van der Waals surface area contributed by atoms with Gasteiger partial charge in [-0.2, -0.15) is 0 Å². The van der Waals surface area contributed by atoms with Crippen molar-refractivity contribution in [2.24, 2.45) is 0 Å². The molecule has 0 spiro atoms. The van der Waals surface area contributed by atoms with Gasteiger partial charge in [-0.05, 0) is 37.8 Å². The summed E-state index contributed by atoms with van der Waals surface area (Å²) in [6.07, 6.45) is 10.4. The van der Waals surface area contributed by atoms with Gasteiger partial charge in [0.15, 0.2) is 0 Å². The van der Waals surface area contributed by atoms with Crippen LogP contribution in [-0.4, -0.2) is 50.9 Å². The Morgan fingerprint density at radius 1 is 1.22 bits per heavy atom. The number of nitrogens with zero attached hydrogens (tertiary/aromatic N) is 2. The molecule has 2 aliphatic heterocycles. The number of aromatic nitrogens is 1. The van der Waals surface area contributed by atoms with E-state index in [-0.39, 0.29) is 24.5 Å². The number of para-hydroxylation sites is 1. The van der Waals surface area contributed by atoms with E-state index in [1.807, 2.05) is 41.1 Å². The standard InChI is InChI=1S/C24H27N3O3S2/c28-22(25-17-6-1-2-7-17)15-26-13-16(19-9-3-4-10-20(19)26)12-21-23(29)27(24(31)32-21)14-18-8-5-11-30-18/h3-4,9-10,12-13,17-18H,1-2,5-8,11,14-15H2,(H,25,28)/b21-12-/t18-/m0/s1. The summed E-state index contributed by atoms with van der Waals surface area (Å²) >= 11 is 6.82. The Kier molecular flexibility index (Phi) is 6.35. The number of carbonyl (C=O) groups is 2. The van der Waals surface area contributed by atoms with Gasteiger partial charge in [0.2, 0.25) is 5.91 Å². The van der Waals surface area contributed by atoms with Crippen molar-refractivity contribution >= 4 is 57.1 Å². The van der Waals surface area contributed by atoms with E-state index < -0.39 is 0 Å². The molecule has 1 atom stereocenters. The average Bonchev–Trinajstić information content (AvgIpc) is 3.57. The fourth-order valence-corrected chi connectivity index (χ4v) is 6.08. The molecule has 0 unspecified atom stereocenters. The van der Waals surface area contributed by atoms with E-state index in [2.05, 4.69) is 5.32 Å². The lowest BCUT2D eigenvalue weighted by atomic mass is 10.1. The van der Waals surface area contributed by atoms with Crippen LogP contribution in [0.25, 0.3) is 17.0 Å². The first kappa shape index (κ1) is 21.7. The minimum absolute atomic E-state index is 0.0343. The number of hydrogen-bond donors (Lipinski definition) is 1. The lowest BCUT2D eigenvalue weighted by molar-refractivity contribution is -0.123. The van der Waals surface area contributed by atoms with E-state index in [1.165, 1.54) is 24.6 Å². The first-order chi connectivity index (χ1) is 15.6. The highest BCUT2D eigenvalue weighted by Gasteiger charge is 2.34. The van der Waals surface area contributed by atoms with E-state index in [0.29, 0.717) is 21.8 Å². The molecule has 2 saturated heterocycles. The van der Waals surface area contributed by atoms with Gasteiger partial charge in [-0.25, -0.2) is 0 Å². The lowest BCUT2D eigenvalue weighted by Crippen LogP contribution is -2.35. The molecule has 1 saturated carbocycles. The summed E-state index contributed by atoms with van der Waals surface area (Å²) in [7, 11) is 0. The van der Waals surface area contributed by atoms with Crippen LogP contribution in [0.2, 0.25) is 0 Å². The third-order valence-electron chi connectivity index (χ3n) is 6.42. The number of ether oxygens (including phenoxy) is 1. The van der Waals surface area contributed by atoms with Crippen molar-refractivity contribution in [3.8, 4) is 0 Å². The predicted octanol–water partition coefficient (Wildman–Crippen LogP) is 4.08. The normalized spacial score (nSPS) is 23.2. The molecule has 1 aromatic carbocycles. The lowest BCUT2D eigenvalue weighted by Gasteiger charge is -2.18. The highest BCUT2D eigenvalue weighted by atomic mass is 32.2. The van der Waals surface area contributed by atoms with Gasteiger partial charge in [0.05, 0.1) is 17.6 Å². The van der Waals surface area contributed by atoms with Crippen molar-refractivity contribution in [1.29, 1.82) is 0 Å². The molecule has 6 nitrogen and oxygen atoms in total. The quantitative estimate of drug-likeness (QED) is 0.510. The van der Waals surface area contributed by atoms with Crippen LogP contribution < -0.4 is 5.32 Å². The molecule has 1 aromatic heterocycles. The average molecular weight is 470 g/mol. The highest BCUT2D eigenvalue weighted by molar-refractivity contribution is 8.26. The monoisotopic (exact) mass is 469 g/mol. The molecule has 1 aliphatic carbocycles. The van der Waals surface area contributed by atoms with Gasteiger partial charge >= 0.3 is 0 Å². The third kappa shape index (κ3) is 4.49. The Balaban J connectivity index is 1.37. The van der Waals surface area contributed by atoms with Crippen molar-refractivity contribution in [2.45, 2.75) is 57.2 Å². The van der Waals surface area contributed by atoms with Crippen LogP contribution in [-0.2, 0) is 20.9 Å². The Morgan fingerprint density at radius 2 is 2.03 bits per heavy atom. The molecule has 168 valence electrons. The van der Waals surface area contributed by atoms with Crippen LogP contribution in [0, 0.1) is 0 Å². The molecular formula is C24H27N3O3S2. The maximum Gasteiger partial charge on any atom is 0.266 e. The van der Waals surface area contributed by atoms with Gasteiger partial charge < -0.3 is 14.6 Å². The van der Waals surface area contributed by atoms with Crippen molar-refractivity contribution in [2.75, 3.05) is 13.2 Å². The highest BCUT2D eigenvalue weighted by Crippen LogP contribution is 2.35. The number of amides is 2. The zero-order valence-electron chi connectivity index (χ0n) is 17.9. The number of rotatable bonds is 6. The number of carbonyl (C=O) groups excluding carboxylic acids is 2. The molecule has 5 rings (SSSR count). The van der Waals surface area contributed by atoms with Crippen molar-refractivity contribution in [1.82, 2.24) is 14.8 Å². The van der Waals surface area contributed by atoms with E-state index >= 15 is 0 Å². The van der Waals surface area contributed by atoms with Crippen LogP contribution in [0.5, 0.6) is 0 Å². The number of thioether (sulfide) groups is 1. The Labute approximate surface area is 197 Å². The minimum Gasteiger partial charge on any atom is -0.376 e. The smallest absolute Gasteiger partial charge is 0.266 e. The van der Waals surface area contributed by atoms with Gasteiger partial charge in [-0.1, -0.05) is 55.0 Å². The summed E-state index contributed by atoms with van der Waals surface area (Å²) in [5.41, 5.74) is 1.90. The van der Waals surface area contributed by atoms with Crippen molar-refractivity contribution < 1.29 is 14.3 Å². The third-order valence-corrected chi connectivity index (χ3v) is 7.80. The van der Waals surface area contributed by atoms with Crippen molar-refractivity contribution in [3.05, 3.63) is 40.9 Å². The largest absolute Gasteiger partial charge is 0.376 e. The second-order valence-electron chi connectivity index (χ2n) is 8.71. The van der Waals surface area contributed by atoms with E-state index in [9.17, 15) is 9.59 Å². The van der Waals surface area contributed by atoms with Crippen LogP contribution in [0.1, 0.15) is 44.1 Å². The fraction of sp³-hybridized carbons (Fsp3) is 0.458. The zero-order valence-corrected chi connectivity index (χ0v) is 19.6. The van der Waals surface area contributed by atoms with Crippen LogP contribution >= 0.6 is 24.0 Å². The molecule has 2 amide bonds. The number of hydrogen-bond acceptors (Lipinski definition) is 5. The molecule has 0 radical (unpaired) electrons. The van der Waals surface area contributed by atoms with Crippen LogP contribution in [0.4, 0.5) is 0 Å². The van der Waals surface area contributed by atoms with Gasteiger partial charge in [-0.15, -0.1) is 0 Å².